The second kappa shape index (κ2) is 11.7. The van der Waals surface area contributed by atoms with Crippen LogP contribution >= 0.6 is 11.6 Å². The number of amides is 1. The van der Waals surface area contributed by atoms with Crippen molar-refractivity contribution in [2.24, 2.45) is 5.10 Å². The van der Waals surface area contributed by atoms with Crippen molar-refractivity contribution in [1.82, 2.24) is 5.43 Å². The predicted molar refractivity (Wildman–Crippen MR) is 139 cm³/mol. The van der Waals surface area contributed by atoms with Gasteiger partial charge in [0.05, 0.1) is 35.9 Å². The fourth-order valence-electron chi connectivity index (χ4n) is 3.21. The van der Waals surface area contributed by atoms with E-state index in [2.05, 4.69) is 10.5 Å². The van der Waals surface area contributed by atoms with Crippen molar-refractivity contribution >= 4 is 45.1 Å². The molecular formula is C24H23ClN4O7S. The number of anilines is 1. The lowest BCUT2D eigenvalue weighted by Crippen LogP contribution is -2.39. The van der Waals surface area contributed by atoms with Gasteiger partial charge < -0.3 is 9.47 Å². The van der Waals surface area contributed by atoms with Crippen molar-refractivity contribution in [1.29, 1.82) is 0 Å². The third-order valence-corrected chi connectivity index (χ3v) is 7.25. The maximum Gasteiger partial charge on any atom is 0.270 e. The molecular weight excluding hydrogens is 524 g/mol. The Kier molecular flexibility index (Phi) is 8.69. The minimum absolute atomic E-state index is 0.0318. The number of sulfonamides is 1. The number of aryl methyl sites for hydroxylation is 1. The zero-order chi connectivity index (χ0) is 27.2. The Morgan fingerprint density at radius 2 is 1.81 bits per heavy atom. The van der Waals surface area contributed by atoms with Crippen LogP contribution in [0.5, 0.6) is 11.5 Å². The van der Waals surface area contributed by atoms with E-state index in [1.54, 1.807) is 12.1 Å². The van der Waals surface area contributed by atoms with Gasteiger partial charge in [-0.2, -0.15) is 5.10 Å². The van der Waals surface area contributed by atoms with Crippen molar-refractivity contribution < 1.29 is 27.6 Å². The number of halogens is 1. The molecule has 0 saturated heterocycles. The number of rotatable bonds is 10. The van der Waals surface area contributed by atoms with E-state index in [1.807, 2.05) is 6.92 Å². The summed E-state index contributed by atoms with van der Waals surface area (Å²) in [7, 11) is -1.40. The van der Waals surface area contributed by atoms with Gasteiger partial charge in [-0.3, -0.25) is 19.2 Å². The highest BCUT2D eigenvalue weighted by Gasteiger charge is 2.29. The van der Waals surface area contributed by atoms with E-state index in [0.717, 1.165) is 16.1 Å². The molecule has 3 rings (SSSR count). The zero-order valence-corrected chi connectivity index (χ0v) is 21.6. The second-order valence-electron chi connectivity index (χ2n) is 7.62. The highest BCUT2D eigenvalue weighted by Crippen LogP contribution is 2.35. The van der Waals surface area contributed by atoms with Crippen LogP contribution in [0.2, 0.25) is 5.02 Å². The summed E-state index contributed by atoms with van der Waals surface area (Å²) in [5, 5.41) is 15.0. The van der Waals surface area contributed by atoms with Gasteiger partial charge in [0, 0.05) is 28.8 Å². The maximum atomic E-state index is 13.6. The lowest BCUT2D eigenvalue weighted by Gasteiger charge is -2.25. The smallest absolute Gasteiger partial charge is 0.270 e. The Morgan fingerprint density at radius 1 is 1.11 bits per heavy atom. The number of ether oxygens (including phenoxy) is 2. The molecule has 0 atom stereocenters. The number of hydrazone groups is 1. The minimum atomic E-state index is -4.21. The van der Waals surface area contributed by atoms with Gasteiger partial charge in [-0.05, 0) is 37.3 Å². The van der Waals surface area contributed by atoms with Crippen LogP contribution in [0.1, 0.15) is 11.1 Å². The van der Waals surface area contributed by atoms with Gasteiger partial charge in [0.1, 0.15) is 18.0 Å². The first-order valence-electron chi connectivity index (χ1n) is 10.6. The highest BCUT2D eigenvalue weighted by molar-refractivity contribution is 7.92. The van der Waals surface area contributed by atoms with Gasteiger partial charge in [-0.1, -0.05) is 29.3 Å². The summed E-state index contributed by atoms with van der Waals surface area (Å²) < 4.78 is 38.6. The molecule has 0 unspecified atom stereocenters. The van der Waals surface area contributed by atoms with E-state index >= 15 is 0 Å². The molecule has 0 aliphatic rings. The number of benzene rings is 3. The normalized spacial score (nSPS) is 11.2. The topological polar surface area (TPSA) is 140 Å². The molecule has 0 aromatic heterocycles. The summed E-state index contributed by atoms with van der Waals surface area (Å²) >= 11 is 6.04. The van der Waals surface area contributed by atoms with Crippen LogP contribution in [0.25, 0.3) is 0 Å². The number of hydrogen-bond donors (Lipinski definition) is 1. The molecule has 0 saturated carbocycles. The van der Waals surface area contributed by atoms with Gasteiger partial charge in [-0.15, -0.1) is 0 Å². The standard InChI is InChI=1S/C24H23ClN4O7S/c1-16-4-8-20(9-5-16)37(33,34)28(22-11-7-19(35-2)13-23(22)36-3)15-24(30)27-26-14-17-12-18(29(31)32)6-10-21(17)25/h4-14H,15H2,1-3H3,(H,27,30)/b26-14-. The van der Waals surface area contributed by atoms with Crippen LogP contribution in [0.3, 0.4) is 0 Å². The summed E-state index contributed by atoms with van der Waals surface area (Å²) in [6, 6.07) is 14.4. The average Bonchev–Trinajstić information content (AvgIpc) is 2.88. The largest absolute Gasteiger partial charge is 0.497 e. The van der Waals surface area contributed by atoms with Crippen molar-refractivity contribution in [3.05, 3.63) is 86.9 Å². The van der Waals surface area contributed by atoms with Gasteiger partial charge >= 0.3 is 0 Å². The molecule has 1 amide bonds. The minimum Gasteiger partial charge on any atom is -0.497 e. The zero-order valence-electron chi connectivity index (χ0n) is 20.0. The molecule has 13 heteroatoms. The number of methoxy groups -OCH3 is 2. The first-order valence-corrected chi connectivity index (χ1v) is 12.5. The molecule has 37 heavy (non-hydrogen) atoms. The lowest BCUT2D eigenvalue weighted by molar-refractivity contribution is -0.384. The van der Waals surface area contributed by atoms with Gasteiger partial charge in [0.15, 0.2) is 0 Å². The van der Waals surface area contributed by atoms with Gasteiger partial charge in [0.25, 0.3) is 21.6 Å². The number of non-ortho nitro benzene ring substituents is 1. The predicted octanol–water partition coefficient (Wildman–Crippen LogP) is 3.92. The van der Waals surface area contributed by atoms with E-state index in [0.29, 0.717) is 5.75 Å². The number of nitrogens with zero attached hydrogens (tertiary/aromatic N) is 3. The van der Waals surface area contributed by atoms with Crippen molar-refractivity contribution in [2.45, 2.75) is 11.8 Å². The molecule has 1 N–H and O–H groups in total. The SMILES string of the molecule is COc1ccc(N(CC(=O)N/N=C\c2cc([N+](=O)[O-])ccc2Cl)S(=O)(=O)c2ccc(C)cc2)c(OC)c1. The first-order chi connectivity index (χ1) is 17.6. The summed E-state index contributed by atoms with van der Waals surface area (Å²) in [5.41, 5.74) is 3.18. The molecule has 194 valence electrons. The molecule has 0 spiro atoms. The summed E-state index contributed by atoms with van der Waals surface area (Å²) in [6.45, 7) is 1.17. The average molecular weight is 547 g/mol. The third kappa shape index (κ3) is 6.54. The second-order valence-corrected chi connectivity index (χ2v) is 9.89. The van der Waals surface area contributed by atoms with Gasteiger partial charge in [-0.25, -0.2) is 13.8 Å². The van der Waals surface area contributed by atoms with Crippen LogP contribution in [0, 0.1) is 17.0 Å². The first kappa shape index (κ1) is 27.4. The van der Waals surface area contributed by atoms with Crippen LogP contribution in [0.15, 0.2) is 70.7 Å². The maximum absolute atomic E-state index is 13.6. The Bertz CT molecular complexity index is 1440. The number of carbonyl (C=O) groups excluding carboxylic acids is 1. The highest BCUT2D eigenvalue weighted by atomic mass is 35.5. The Hall–Kier alpha value is -4.16. The molecule has 11 nitrogen and oxygen atoms in total. The monoisotopic (exact) mass is 546 g/mol. The van der Waals surface area contributed by atoms with E-state index < -0.39 is 27.4 Å². The molecule has 0 aliphatic carbocycles. The lowest BCUT2D eigenvalue weighted by atomic mass is 10.2. The number of nitrogens with one attached hydrogen (secondary N) is 1. The Labute approximate surface area is 218 Å². The number of hydrogen-bond acceptors (Lipinski definition) is 8. The molecule has 3 aromatic carbocycles. The molecule has 0 aliphatic heterocycles. The van der Waals surface area contributed by atoms with E-state index in [9.17, 15) is 23.3 Å². The summed E-state index contributed by atoms with van der Waals surface area (Å²) in [4.78, 5) is 23.2. The summed E-state index contributed by atoms with van der Waals surface area (Å²) in [6.07, 6.45) is 1.13. The van der Waals surface area contributed by atoms with E-state index in [-0.39, 0.29) is 32.6 Å². The molecule has 0 radical (unpaired) electrons. The Balaban J connectivity index is 1.93. The quantitative estimate of drug-likeness (QED) is 0.231. The van der Waals surface area contributed by atoms with Gasteiger partial charge in [0.2, 0.25) is 0 Å². The molecule has 0 heterocycles. The van der Waals surface area contributed by atoms with Crippen LogP contribution < -0.4 is 19.2 Å². The van der Waals surface area contributed by atoms with Crippen molar-refractivity contribution in [3.63, 3.8) is 0 Å². The Morgan fingerprint density at radius 3 is 2.43 bits per heavy atom. The van der Waals surface area contributed by atoms with E-state index in [4.69, 9.17) is 21.1 Å². The fourth-order valence-corrected chi connectivity index (χ4v) is 4.81. The fraction of sp³-hybridized carbons (Fsp3) is 0.167. The number of carbonyl (C=O) groups is 1. The van der Waals surface area contributed by atoms with E-state index in [1.165, 1.54) is 62.8 Å². The molecule has 3 aromatic rings. The molecule has 0 fully saturated rings. The van der Waals surface area contributed by atoms with Crippen LogP contribution in [-0.4, -0.2) is 46.2 Å². The number of nitro benzene ring substituents is 1. The summed E-state index contributed by atoms with van der Waals surface area (Å²) in [5.74, 6) is -0.197. The number of nitro groups is 1. The third-order valence-electron chi connectivity index (χ3n) is 5.14. The van der Waals surface area contributed by atoms with Crippen molar-refractivity contribution in [2.75, 3.05) is 25.1 Å². The van der Waals surface area contributed by atoms with Crippen LogP contribution in [-0.2, 0) is 14.8 Å². The molecule has 0 bridgehead atoms. The van der Waals surface area contributed by atoms with Crippen molar-refractivity contribution in [3.8, 4) is 11.5 Å². The van der Waals surface area contributed by atoms with Crippen LogP contribution in [0.4, 0.5) is 11.4 Å².